The van der Waals surface area contributed by atoms with Crippen LogP contribution < -0.4 is 0 Å². The van der Waals surface area contributed by atoms with Crippen molar-refractivity contribution in [2.24, 2.45) is 0 Å². The molecule has 104 valence electrons. The number of rotatable bonds is 4. The number of hydrogen-bond donors (Lipinski definition) is 0. The zero-order chi connectivity index (χ0) is 13.8. The van der Waals surface area contributed by atoms with Gasteiger partial charge in [0.15, 0.2) is 0 Å². The Bertz CT molecular complexity index is 553. The van der Waals surface area contributed by atoms with Crippen LogP contribution in [0.1, 0.15) is 29.4 Å². The highest BCUT2D eigenvalue weighted by Crippen LogP contribution is 2.24. The van der Waals surface area contributed by atoms with Crippen LogP contribution in [0.4, 0.5) is 0 Å². The molecule has 0 spiro atoms. The van der Waals surface area contributed by atoms with E-state index in [9.17, 15) is 0 Å². The summed E-state index contributed by atoms with van der Waals surface area (Å²) in [4.78, 5) is 11.5. The van der Waals surface area contributed by atoms with Crippen LogP contribution in [0.5, 0.6) is 0 Å². The fourth-order valence-corrected chi connectivity index (χ4v) is 2.84. The molecule has 0 bridgehead atoms. The average molecular weight is 267 g/mol. The number of likely N-dealkylation sites (tertiary alicyclic amines) is 1. The third-order valence-electron chi connectivity index (χ3n) is 4.01. The van der Waals surface area contributed by atoms with Crippen molar-refractivity contribution in [3.05, 3.63) is 59.7 Å². The molecule has 3 heteroatoms. The molecule has 3 rings (SSSR count). The van der Waals surface area contributed by atoms with Crippen molar-refractivity contribution in [2.75, 3.05) is 19.6 Å². The van der Waals surface area contributed by atoms with Gasteiger partial charge in [-0.25, -0.2) is 9.97 Å². The first-order valence-corrected chi connectivity index (χ1v) is 7.37. The Labute approximate surface area is 120 Å². The highest BCUT2D eigenvalue weighted by molar-refractivity contribution is 5.15. The number of aromatic nitrogens is 2. The molecule has 2 heterocycles. The molecule has 1 aliphatic rings. The summed E-state index contributed by atoms with van der Waals surface area (Å²) >= 11 is 0. The van der Waals surface area contributed by atoms with Crippen molar-refractivity contribution < 1.29 is 0 Å². The molecule has 1 fully saturated rings. The van der Waals surface area contributed by atoms with Crippen molar-refractivity contribution in [3.63, 3.8) is 0 Å². The largest absolute Gasteiger partial charge is 0.302 e. The van der Waals surface area contributed by atoms with Crippen LogP contribution in [0, 0.1) is 6.92 Å². The van der Waals surface area contributed by atoms with Gasteiger partial charge in [0.25, 0.3) is 0 Å². The van der Waals surface area contributed by atoms with Gasteiger partial charge in [-0.1, -0.05) is 30.3 Å². The molecule has 0 radical (unpaired) electrons. The van der Waals surface area contributed by atoms with E-state index in [0.717, 1.165) is 37.6 Å². The molecular weight excluding hydrogens is 246 g/mol. The third-order valence-corrected chi connectivity index (χ3v) is 4.01. The maximum atomic E-state index is 4.57. The van der Waals surface area contributed by atoms with Crippen LogP contribution in [0.15, 0.2) is 42.6 Å². The van der Waals surface area contributed by atoms with Gasteiger partial charge in [0.1, 0.15) is 5.82 Å². The van der Waals surface area contributed by atoms with Crippen LogP contribution >= 0.6 is 0 Å². The van der Waals surface area contributed by atoms with E-state index in [2.05, 4.69) is 45.2 Å². The Hall–Kier alpha value is -1.74. The lowest BCUT2D eigenvalue weighted by molar-refractivity contribution is 0.337. The minimum Gasteiger partial charge on any atom is -0.302 e. The van der Waals surface area contributed by atoms with Gasteiger partial charge in [-0.2, -0.15) is 0 Å². The highest BCUT2D eigenvalue weighted by Gasteiger charge is 2.25. The van der Waals surface area contributed by atoms with Gasteiger partial charge in [-0.05, 0) is 37.9 Å². The Morgan fingerprint density at radius 2 is 2.05 bits per heavy atom. The number of hydrogen-bond acceptors (Lipinski definition) is 3. The van der Waals surface area contributed by atoms with Crippen molar-refractivity contribution in [2.45, 2.75) is 25.7 Å². The lowest BCUT2D eigenvalue weighted by Crippen LogP contribution is -2.23. The molecule has 3 nitrogen and oxygen atoms in total. The lowest BCUT2D eigenvalue weighted by Gasteiger charge is -2.15. The van der Waals surface area contributed by atoms with Gasteiger partial charge in [-0.15, -0.1) is 0 Å². The fraction of sp³-hybridized carbons (Fsp3) is 0.412. The molecule has 0 N–H and O–H groups in total. The smallest absolute Gasteiger partial charge is 0.132 e. The van der Waals surface area contributed by atoms with Gasteiger partial charge < -0.3 is 4.90 Å². The normalized spacial score (nSPS) is 19.4. The fourth-order valence-electron chi connectivity index (χ4n) is 2.84. The molecule has 0 saturated carbocycles. The zero-order valence-electron chi connectivity index (χ0n) is 12.0. The van der Waals surface area contributed by atoms with Crippen molar-refractivity contribution in [3.8, 4) is 0 Å². The molecule has 1 aliphatic heterocycles. The minimum atomic E-state index is 0.505. The standard InChI is InChI=1S/C17H21N3/c1-14-7-10-18-17(19-14)16-9-12-20(13-16)11-8-15-5-3-2-4-6-15/h2-7,10,16H,8-9,11-13H2,1H3. The second-order valence-corrected chi connectivity index (χ2v) is 5.58. The molecule has 1 atom stereocenters. The summed E-state index contributed by atoms with van der Waals surface area (Å²) in [6, 6.07) is 12.7. The topological polar surface area (TPSA) is 29.0 Å². The van der Waals surface area contributed by atoms with E-state index in [4.69, 9.17) is 0 Å². The van der Waals surface area contributed by atoms with E-state index in [1.807, 2.05) is 19.2 Å². The summed E-state index contributed by atoms with van der Waals surface area (Å²) in [6.07, 6.45) is 4.19. The summed E-state index contributed by atoms with van der Waals surface area (Å²) in [5, 5.41) is 0. The van der Waals surface area contributed by atoms with Crippen molar-refractivity contribution in [1.82, 2.24) is 14.9 Å². The van der Waals surface area contributed by atoms with Crippen LogP contribution in [0.3, 0.4) is 0 Å². The predicted octanol–water partition coefficient (Wildman–Crippen LogP) is 2.82. The van der Waals surface area contributed by atoms with Gasteiger partial charge in [-0.3, -0.25) is 0 Å². The highest BCUT2D eigenvalue weighted by atomic mass is 15.1. The summed E-state index contributed by atoms with van der Waals surface area (Å²) in [5.74, 6) is 1.53. The molecule has 1 unspecified atom stereocenters. The van der Waals surface area contributed by atoms with Gasteiger partial charge in [0, 0.05) is 30.9 Å². The van der Waals surface area contributed by atoms with E-state index in [1.165, 1.54) is 12.0 Å². The van der Waals surface area contributed by atoms with E-state index in [-0.39, 0.29) is 0 Å². The van der Waals surface area contributed by atoms with Gasteiger partial charge in [0.05, 0.1) is 0 Å². The Kier molecular flexibility index (Phi) is 4.07. The molecule has 0 amide bonds. The number of nitrogens with zero attached hydrogens (tertiary/aromatic N) is 3. The van der Waals surface area contributed by atoms with Gasteiger partial charge >= 0.3 is 0 Å². The van der Waals surface area contributed by atoms with Crippen LogP contribution in [-0.4, -0.2) is 34.5 Å². The molecule has 1 aromatic carbocycles. The SMILES string of the molecule is Cc1ccnc(C2CCN(CCc3ccccc3)C2)n1. The number of aryl methyl sites for hydroxylation is 1. The summed E-state index contributed by atoms with van der Waals surface area (Å²) < 4.78 is 0. The van der Waals surface area contributed by atoms with Crippen molar-refractivity contribution in [1.29, 1.82) is 0 Å². The Morgan fingerprint density at radius 3 is 2.85 bits per heavy atom. The Morgan fingerprint density at radius 1 is 1.20 bits per heavy atom. The molecule has 1 aromatic heterocycles. The molecular formula is C17H21N3. The van der Waals surface area contributed by atoms with E-state index < -0.39 is 0 Å². The van der Waals surface area contributed by atoms with E-state index in [1.54, 1.807) is 0 Å². The molecule has 20 heavy (non-hydrogen) atoms. The second-order valence-electron chi connectivity index (χ2n) is 5.58. The molecule has 2 aromatic rings. The van der Waals surface area contributed by atoms with Crippen LogP contribution in [-0.2, 0) is 6.42 Å². The lowest BCUT2D eigenvalue weighted by atomic mass is 10.1. The van der Waals surface area contributed by atoms with Crippen molar-refractivity contribution >= 4 is 0 Å². The van der Waals surface area contributed by atoms with E-state index >= 15 is 0 Å². The summed E-state index contributed by atoms with van der Waals surface area (Å²) in [7, 11) is 0. The maximum absolute atomic E-state index is 4.57. The predicted molar refractivity (Wildman–Crippen MR) is 80.7 cm³/mol. The maximum Gasteiger partial charge on any atom is 0.132 e. The molecule has 0 aliphatic carbocycles. The van der Waals surface area contributed by atoms with Gasteiger partial charge in [0.2, 0.25) is 0 Å². The number of benzene rings is 1. The average Bonchev–Trinajstić information content (AvgIpc) is 2.95. The third kappa shape index (κ3) is 3.23. The van der Waals surface area contributed by atoms with Crippen LogP contribution in [0.2, 0.25) is 0 Å². The van der Waals surface area contributed by atoms with E-state index in [0.29, 0.717) is 5.92 Å². The first-order valence-electron chi connectivity index (χ1n) is 7.37. The summed E-state index contributed by atoms with van der Waals surface area (Å²) in [5.41, 5.74) is 2.49. The minimum absolute atomic E-state index is 0.505. The van der Waals surface area contributed by atoms with Crippen LogP contribution in [0.25, 0.3) is 0 Å². The second kappa shape index (κ2) is 6.14. The Balaban J connectivity index is 1.55. The first-order chi connectivity index (χ1) is 9.81. The first kappa shape index (κ1) is 13.3. The summed E-state index contributed by atoms with van der Waals surface area (Å²) in [6.45, 7) is 5.42. The quantitative estimate of drug-likeness (QED) is 0.853. The zero-order valence-corrected chi connectivity index (χ0v) is 12.0. The monoisotopic (exact) mass is 267 g/mol. The molecule has 1 saturated heterocycles.